The van der Waals surface area contributed by atoms with Crippen LogP contribution in [-0.2, 0) is 18.4 Å². The Morgan fingerprint density at radius 1 is 0.865 bits per heavy atom. The Balaban J connectivity index is 1.47. The predicted molar refractivity (Wildman–Crippen MR) is 151 cm³/mol. The summed E-state index contributed by atoms with van der Waals surface area (Å²) in [4.78, 5) is 28.1. The number of carbonyl (C=O) groups excluding carboxylic acids is 2. The number of hydrogen-bond donors (Lipinski definition) is 2. The molecule has 8 heteroatoms. The fourth-order valence-corrected chi connectivity index (χ4v) is 4.70. The van der Waals surface area contributed by atoms with Gasteiger partial charge in [0.25, 0.3) is 5.91 Å². The van der Waals surface area contributed by atoms with E-state index in [0.717, 1.165) is 25.8 Å². The summed E-state index contributed by atoms with van der Waals surface area (Å²) in [5, 5.41) is 5.30. The zero-order chi connectivity index (χ0) is 26.7. The summed E-state index contributed by atoms with van der Waals surface area (Å²) >= 11 is 0. The molecule has 2 amide bonds. The van der Waals surface area contributed by atoms with Crippen LogP contribution in [0.2, 0.25) is 0 Å². The second kappa shape index (κ2) is 10.9. The van der Waals surface area contributed by atoms with E-state index < -0.39 is 5.91 Å². The maximum absolute atomic E-state index is 12.4. The molecule has 2 heterocycles. The molecule has 2 aromatic heterocycles. The first-order valence-corrected chi connectivity index (χ1v) is 12.6. The van der Waals surface area contributed by atoms with Gasteiger partial charge in [-0.1, -0.05) is 0 Å². The fourth-order valence-electron chi connectivity index (χ4n) is 4.70. The molecule has 3 N–H and O–H groups in total. The van der Waals surface area contributed by atoms with Crippen LogP contribution in [0, 0.1) is 0 Å². The van der Waals surface area contributed by atoms with Gasteiger partial charge in [0.2, 0.25) is 16.9 Å². The van der Waals surface area contributed by atoms with Crippen molar-refractivity contribution in [3.05, 3.63) is 60.4 Å². The first-order chi connectivity index (χ1) is 17.6. The van der Waals surface area contributed by atoms with E-state index in [0.29, 0.717) is 17.8 Å². The molecule has 4 aromatic rings. The number of amides is 2. The van der Waals surface area contributed by atoms with Gasteiger partial charge in [-0.15, -0.1) is 0 Å². The number of nitrogens with two attached hydrogens (primary N) is 1. The topological polar surface area (TPSA) is 87.5 Å². The van der Waals surface area contributed by atoms with Gasteiger partial charge in [-0.25, -0.2) is 0 Å². The Kier molecular flexibility index (Phi) is 7.66. The summed E-state index contributed by atoms with van der Waals surface area (Å²) in [6, 6.07) is 17.1. The van der Waals surface area contributed by atoms with E-state index in [-0.39, 0.29) is 5.91 Å². The maximum Gasteiger partial charge on any atom is 0.265 e. The lowest BCUT2D eigenvalue weighted by Crippen LogP contribution is -2.36. The number of aromatic nitrogens is 2. The van der Waals surface area contributed by atoms with Crippen molar-refractivity contribution in [3.8, 4) is 0 Å². The molecule has 2 aromatic carbocycles. The minimum absolute atomic E-state index is 0.0591. The van der Waals surface area contributed by atoms with Crippen LogP contribution in [-0.4, -0.2) is 44.6 Å². The van der Waals surface area contributed by atoms with Gasteiger partial charge in [-0.2, -0.15) is 4.57 Å². The van der Waals surface area contributed by atoms with Crippen LogP contribution in [0.5, 0.6) is 0 Å². The minimum Gasteiger partial charge on any atom is -0.377 e. The van der Waals surface area contributed by atoms with Crippen molar-refractivity contribution in [1.82, 2.24) is 4.57 Å². The smallest absolute Gasteiger partial charge is 0.265 e. The highest BCUT2D eigenvalue weighted by molar-refractivity contribution is 5.95. The van der Waals surface area contributed by atoms with Gasteiger partial charge in [-0.05, 0) is 49.2 Å². The fraction of sp³-hybridized carbons (Fsp3) is 0.345. The zero-order valence-corrected chi connectivity index (χ0v) is 22.4. The van der Waals surface area contributed by atoms with Crippen LogP contribution < -0.4 is 25.4 Å². The molecular weight excluding hydrogens is 464 g/mol. The number of carbonyl (C=O) groups is 2. The van der Waals surface area contributed by atoms with Crippen LogP contribution in [0.15, 0.2) is 54.7 Å². The molecule has 0 bridgehead atoms. The lowest BCUT2D eigenvalue weighted by atomic mass is 10.1. The number of hydrogen-bond acceptors (Lipinski definition) is 4. The summed E-state index contributed by atoms with van der Waals surface area (Å²) in [5.74, 6) is -0.576. The van der Waals surface area contributed by atoms with E-state index in [1.165, 1.54) is 33.2 Å². The Morgan fingerprint density at radius 3 is 1.97 bits per heavy atom. The standard InChI is InChI=1S/C29H36N6O2/c1-32(2)23-12-10-20-15-21-11-13-24(33(3)4)18-26(21)35(25(20)17-23)14-8-6-7-9-28(36)31-22-16-27(29(30)37)34(5)19-22/h10-13,15-19H,6-9,14H2,1-5H3,(H2-,30,31,36,37)/p+1. The van der Waals surface area contributed by atoms with Crippen molar-refractivity contribution < 1.29 is 14.2 Å². The van der Waals surface area contributed by atoms with E-state index in [1.807, 2.05) is 0 Å². The van der Waals surface area contributed by atoms with Crippen LogP contribution >= 0.6 is 0 Å². The summed E-state index contributed by atoms with van der Waals surface area (Å²) in [5.41, 5.74) is 11.1. The van der Waals surface area contributed by atoms with Crippen molar-refractivity contribution in [3.63, 3.8) is 0 Å². The van der Waals surface area contributed by atoms with Crippen LogP contribution in [0.3, 0.4) is 0 Å². The van der Waals surface area contributed by atoms with E-state index in [9.17, 15) is 9.59 Å². The number of pyridine rings is 1. The summed E-state index contributed by atoms with van der Waals surface area (Å²) in [6.07, 6.45) is 4.81. The molecule has 0 atom stereocenters. The molecule has 0 saturated heterocycles. The van der Waals surface area contributed by atoms with Gasteiger partial charge in [0, 0.05) is 88.6 Å². The average Bonchev–Trinajstić information content (AvgIpc) is 3.22. The molecule has 8 nitrogen and oxygen atoms in total. The Labute approximate surface area is 218 Å². The Morgan fingerprint density at radius 2 is 1.46 bits per heavy atom. The van der Waals surface area contributed by atoms with E-state index in [2.05, 4.69) is 90.3 Å². The van der Waals surface area contributed by atoms with Crippen molar-refractivity contribution in [2.24, 2.45) is 12.8 Å². The molecule has 0 fully saturated rings. The van der Waals surface area contributed by atoms with E-state index >= 15 is 0 Å². The van der Waals surface area contributed by atoms with Gasteiger partial charge in [0.15, 0.2) is 0 Å². The van der Waals surface area contributed by atoms with Gasteiger partial charge in [-0.3, -0.25) is 9.59 Å². The molecule has 0 spiro atoms. The predicted octanol–water partition coefficient (Wildman–Crippen LogP) is 4.05. The molecule has 0 aliphatic rings. The molecule has 0 saturated carbocycles. The normalized spacial score (nSPS) is 11.2. The monoisotopic (exact) mass is 501 g/mol. The number of nitrogens with zero attached hydrogens (tertiary/aromatic N) is 4. The quantitative estimate of drug-likeness (QED) is 0.195. The molecule has 4 rings (SSSR count). The Bertz CT molecular complexity index is 1390. The number of primary amides is 1. The summed E-state index contributed by atoms with van der Waals surface area (Å²) < 4.78 is 4.03. The second-order valence-corrected chi connectivity index (χ2v) is 10.0. The van der Waals surface area contributed by atoms with Crippen molar-refractivity contribution in [2.45, 2.75) is 32.2 Å². The van der Waals surface area contributed by atoms with Crippen LogP contribution in [0.1, 0.15) is 36.2 Å². The zero-order valence-electron chi connectivity index (χ0n) is 22.4. The highest BCUT2D eigenvalue weighted by Crippen LogP contribution is 2.25. The number of benzene rings is 2. The SMILES string of the molecule is CN(C)c1ccc2cc3ccc(N(C)C)cc3[n+](CCCCCC(=O)Nc3cc(C(N)=O)n(C)c3)c2c1. The number of anilines is 3. The number of aryl methyl sites for hydroxylation is 2. The van der Waals surface area contributed by atoms with Crippen molar-refractivity contribution in [1.29, 1.82) is 0 Å². The van der Waals surface area contributed by atoms with E-state index in [1.54, 1.807) is 23.9 Å². The van der Waals surface area contributed by atoms with Gasteiger partial charge >= 0.3 is 0 Å². The number of fused-ring (bicyclic) bond motifs is 2. The first kappa shape index (κ1) is 26.0. The van der Waals surface area contributed by atoms with Gasteiger partial charge in [0.05, 0.1) is 5.69 Å². The minimum atomic E-state index is -0.517. The highest BCUT2D eigenvalue weighted by atomic mass is 16.2. The largest absolute Gasteiger partial charge is 0.377 e. The van der Waals surface area contributed by atoms with Crippen LogP contribution in [0.4, 0.5) is 17.1 Å². The van der Waals surface area contributed by atoms with Crippen LogP contribution in [0.25, 0.3) is 21.8 Å². The first-order valence-electron chi connectivity index (χ1n) is 12.6. The van der Waals surface area contributed by atoms with Crippen molar-refractivity contribution in [2.75, 3.05) is 43.3 Å². The molecule has 0 unspecified atom stereocenters. The third-order valence-electron chi connectivity index (χ3n) is 6.78. The summed E-state index contributed by atoms with van der Waals surface area (Å²) in [7, 11) is 9.98. The molecule has 0 radical (unpaired) electrons. The summed E-state index contributed by atoms with van der Waals surface area (Å²) in [6.45, 7) is 0.865. The highest BCUT2D eigenvalue weighted by Gasteiger charge is 2.18. The lowest BCUT2D eigenvalue weighted by Gasteiger charge is -2.15. The van der Waals surface area contributed by atoms with Gasteiger partial charge in [0.1, 0.15) is 12.2 Å². The molecule has 0 aliphatic heterocycles. The number of unbranched alkanes of at least 4 members (excludes halogenated alkanes) is 2. The molecule has 194 valence electrons. The molecular formula is C29H37N6O2+. The number of nitrogens with one attached hydrogen (secondary N) is 1. The van der Waals surface area contributed by atoms with Crippen molar-refractivity contribution >= 4 is 50.7 Å². The van der Waals surface area contributed by atoms with E-state index in [4.69, 9.17) is 5.73 Å². The molecule has 0 aliphatic carbocycles. The number of rotatable bonds is 10. The third kappa shape index (κ3) is 5.85. The lowest BCUT2D eigenvalue weighted by molar-refractivity contribution is -0.645. The van der Waals surface area contributed by atoms with Gasteiger partial charge < -0.3 is 25.4 Å². The molecule has 37 heavy (non-hydrogen) atoms. The maximum atomic E-state index is 12.4. The third-order valence-corrected chi connectivity index (χ3v) is 6.78. The average molecular weight is 502 g/mol. The Hall–Kier alpha value is -4.07. The second-order valence-electron chi connectivity index (χ2n) is 10.0.